The van der Waals surface area contributed by atoms with Gasteiger partial charge in [0.2, 0.25) is 0 Å². The van der Waals surface area contributed by atoms with Crippen molar-refractivity contribution >= 4 is 0 Å². The lowest BCUT2D eigenvalue weighted by molar-refractivity contribution is 0.0188. The van der Waals surface area contributed by atoms with E-state index in [0.29, 0.717) is 5.54 Å². The normalized spacial score (nSPS) is 27.6. The van der Waals surface area contributed by atoms with Gasteiger partial charge in [-0.15, -0.1) is 0 Å². The number of piperazine rings is 1. The minimum atomic E-state index is 0.387. The molecule has 2 rings (SSSR count). The van der Waals surface area contributed by atoms with Gasteiger partial charge in [0.1, 0.15) is 0 Å². The molecule has 1 N–H and O–H groups in total. The third kappa shape index (κ3) is 3.71. The Morgan fingerprint density at radius 2 is 1.95 bits per heavy atom. The zero-order valence-corrected chi connectivity index (χ0v) is 13.1. The number of nitrogens with zero attached hydrogens (tertiary/aromatic N) is 1. The summed E-state index contributed by atoms with van der Waals surface area (Å²) in [6.45, 7) is 12.2. The lowest BCUT2D eigenvalue weighted by Gasteiger charge is -2.50. The smallest absolute Gasteiger partial charge is 0.0478 e. The summed E-state index contributed by atoms with van der Waals surface area (Å²) in [7, 11) is 0. The van der Waals surface area contributed by atoms with Crippen LogP contribution in [-0.2, 0) is 4.74 Å². The fraction of sp³-hybridized carbons (Fsp3) is 1.00. The maximum Gasteiger partial charge on any atom is 0.0478 e. The lowest BCUT2D eigenvalue weighted by atomic mass is 9.86. The van der Waals surface area contributed by atoms with Gasteiger partial charge in [-0.25, -0.2) is 0 Å². The van der Waals surface area contributed by atoms with Gasteiger partial charge in [0.05, 0.1) is 0 Å². The first kappa shape index (κ1) is 15.3. The summed E-state index contributed by atoms with van der Waals surface area (Å²) in [5.41, 5.74) is 0.387. The van der Waals surface area contributed by atoms with Gasteiger partial charge in [-0.05, 0) is 44.9 Å². The van der Waals surface area contributed by atoms with Crippen molar-refractivity contribution in [2.45, 2.75) is 64.5 Å². The molecule has 0 amide bonds. The molecular weight excluding hydrogens is 236 g/mol. The molecule has 19 heavy (non-hydrogen) atoms. The fourth-order valence-corrected chi connectivity index (χ4v) is 3.52. The highest BCUT2D eigenvalue weighted by Crippen LogP contribution is 2.37. The number of ether oxygens (including phenoxy) is 1. The van der Waals surface area contributed by atoms with Gasteiger partial charge in [-0.3, -0.25) is 4.90 Å². The van der Waals surface area contributed by atoms with Gasteiger partial charge >= 0.3 is 0 Å². The average molecular weight is 268 g/mol. The summed E-state index contributed by atoms with van der Waals surface area (Å²) in [4.78, 5) is 2.77. The molecule has 0 aromatic rings. The summed E-state index contributed by atoms with van der Waals surface area (Å²) in [6, 6.07) is 0.748. The highest BCUT2D eigenvalue weighted by atomic mass is 16.5. The van der Waals surface area contributed by atoms with Gasteiger partial charge in [0.15, 0.2) is 0 Å². The van der Waals surface area contributed by atoms with Crippen LogP contribution in [0.2, 0.25) is 0 Å². The number of hydrogen-bond acceptors (Lipinski definition) is 3. The Hall–Kier alpha value is -0.120. The molecule has 0 aromatic heterocycles. The monoisotopic (exact) mass is 268 g/mol. The van der Waals surface area contributed by atoms with E-state index in [1.165, 1.54) is 51.7 Å². The van der Waals surface area contributed by atoms with Gasteiger partial charge < -0.3 is 10.1 Å². The van der Waals surface area contributed by atoms with E-state index in [-0.39, 0.29) is 0 Å². The quantitative estimate of drug-likeness (QED) is 0.685. The molecule has 2 fully saturated rings. The van der Waals surface area contributed by atoms with E-state index in [1.54, 1.807) is 0 Å². The Kier molecular flexibility index (Phi) is 5.67. The molecule has 1 atom stereocenters. The maximum absolute atomic E-state index is 5.50. The van der Waals surface area contributed by atoms with Gasteiger partial charge in [-0.1, -0.05) is 13.8 Å². The van der Waals surface area contributed by atoms with Gasteiger partial charge in [0, 0.05) is 44.4 Å². The minimum absolute atomic E-state index is 0.387. The number of rotatable bonds is 8. The van der Waals surface area contributed by atoms with Crippen molar-refractivity contribution in [3.8, 4) is 0 Å². The summed E-state index contributed by atoms with van der Waals surface area (Å²) < 4.78 is 5.50. The Morgan fingerprint density at radius 1 is 1.21 bits per heavy atom. The first-order valence-electron chi connectivity index (χ1n) is 8.32. The molecule has 1 unspecified atom stereocenters. The van der Waals surface area contributed by atoms with Crippen molar-refractivity contribution in [3.63, 3.8) is 0 Å². The van der Waals surface area contributed by atoms with E-state index >= 15 is 0 Å². The van der Waals surface area contributed by atoms with E-state index < -0.39 is 0 Å². The minimum Gasteiger partial charge on any atom is -0.382 e. The predicted molar refractivity (Wildman–Crippen MR) is 80.5 cm³/mol. The van der Waals surface area contributed by atoms with Crippen LogP contribution in [0.4, 0.5) is 0 Å². The lowest BCUT2D eigenvalue weighted by Crippen LogP contribution is -2.64. The number of nitrogens with one attached hydrogen (secondary N) is 1. The van der Waals surface area contributed by atoms with Crippen molar-refractivity contribution in [1.29, 1.82) is 0 Å². The average Bonchev–Trinajstić information content (AvgIpc) is 3.28. The van der Waals surface area contributed by atoms with Crippen LogP contribution in [0, 0.1) is 5.92 Å². The van der Waals surface area contributed by atoms with Gasteiger partial charge in [-0.2, -0.15) is 0 Å². The molecule has 3 heteroatoms. The summed E-state index contributed by atoms with van der Waals surface area (Å²) in [6.07, 6.45) is 6.56. The van der Waals surface area contributed by atoms with Crippen LogP contribution in [0.3, 0.4) is 0 Å². The topological polar surface area (TPSA) is 24.5 Å². The van der Waals surface area contributed by atoms with Crippen LogP contribution in [0.15, 0.2) is 0 Å². The molecule has 0 radical (unpaired) electrons. The second kappa shape index (κ2) is 7.05. The Bertz CT molecular complexity index is 261. The summed E-state index contributed by atoms with van der Waals surface area (Å²) in [5, 5.41) is 3.83. The van der Waals surface area contributed by atoms with Gasteiger partial charge in [0.25, 0.3) is 0 Å². The zero-order chi connectivity index (χ0) is 13.7. The molecule has 1 aliphatic carbocycles. The molecule has 2 aliphatic rings. The maximum atomic E-state index is 5.50. The van der Waals surface area contributed by atoms with Crippen LogP contribution in [0.1, 0.15) is 52.9 Å². The third-order valence-corrected chi connectivity index (χ3v) is 5.21. The highest BCUT2D eigenvalue weighted by Gasteiger charge is 2.42. The second-order valence-electron chi connectivity index (χ2n) is 6.25. The molecule has 0 bridgehead atoms. The molecule has 1 saturated carbocycles. The molecule has 0 aromatic carbocycles. The van der Waals surface area contributed by atoms with Crippen molar-refractivity contribution < 1.29 is 4.74 Å². The van der Waals surface area contributed by atoms with Crippen molar-refractivity contribution in [1.82, 2.24) is 10.2 Å². The van der Waals surface area contributed by atoms with Crippen LogP contribution >= 0.6 is 0 Å². The Labute approximate surface area is 119 Å². The van der Waals surface area contributed by atoms with Crippen molar-refractivity contribution in [2.24, 2.45) is 5.92 Å². The Balaban J connectivity index is 1.89. The zero-order valence-electron chi connectivity index (χ0n) is 13.1. The first-order valence-corrected chi connectivity index (χ1v) is 8.32. The van der Waals surface area contributed by atoms with E-state index in [0.717, 1.165) is 25.2 Å². The Morgan fingerprint density at radius 3 is 2.53 bits per heavy atom. The van der Waals surface area contributed by atoms with Crippen LogP contribution in [0.25, 0.3) is 0 Å². The van der Waals surface area contributed by atoms with E-state index in [4.69, 9.17) is 4.74 Å². The molecule has 112 valence electrons. The second-order valence-corrected chi connectivity index (χ2v) is 6.25. The largest absolute Gasteiger partial charge is 0.382 e. The van der Waals surface area contributed by atoms with Crippen molar-refractivity contribution in [2.75, 3.05) is 32.8 Å². The van der Waals surface area contributed by atoms with Crippen molar-refractivity contribution in [3.05, 3.63) is 0 Å². The standard InChI is InChI=1S/C16H32N2O/c1-4-16(5-2)13-17-15(14-8-9-14)12-18(16)10-7-11-19-6-3/h14-15,17H,4-13H2,1-3H3. The van der Waals surface area contributed by atoms with E-state index in [2.05, 4.69) is 31.0 Å². The third-order valence-electron chi connectivity index (χ3n) is 5.21. The van der Waals surface area contributed by atoms with E-state index in [9.17, 15) is 0 Å². The molecule has 1 saturated heterocycles. The fourth-order valence-electron chi connectivity index (χ4n) is 3.52. The molecule has 3 nitrogen and oxygen atoms in total. The molecule has 1 aliphatic heterocycles. The van der Waals surface area contributed by atoms with Crippen LogP contribution in [-0.4, -0.2) is 49.3 Å². The van der Waals surface area contributed by atoms with Crippen LogP contribution < -0.4 is 5.32 Å². The van der Waals surface area contributed by atoms with E-state index in [1.807, 2.05) is 0 Å². The first-order chi connectivity index (χ1) is 9.25. The van der Waals surface area contributed by atoms with Crippen LogP contribution in [0.5, 0.6) is 0 Å². The predicted octanol–water partition coefficient (Wildman–Crippen LogP) is 2.66. The highest BCUT2D eigenvalue weighted by molar-refractivity contribution is 5.01. The number of hydrogen-bond donors (Lipinski definition) is 1. The molecular formula is C16H32N2O. The molecule has 0 spiro atoms. The summed E-state index contributed by atoms with van der Waals surface area (Å²) >= 11 is 0. The molecule has 1 heterocycles. The SMILES string of the molecule is CCOCCCN1CC(C2CC2)NCC1(CC)CC. The summed E-state index contributed by atoms with van der Waals surface area (Å²) in [5.74, 6) is 0.959.